The second kappa shape index (κ2) is 4.49. The van der Waals surface area contributed by atoms with Gasteiger partial charge in [-0.25, -0.2) is 8.42 Å². The van der Waals surface area contributed by atoms with Gasteiger partial charge in [0.25, 0.3) is 0 Å². The van der Waals surface area contributed by atoms with Gasteiger partial charge >= 0.3 is 5.97 Å². The molecule has 0 aromatic carbocycles. The zero-order valence-electron chi connectivity index (χ0n) is 8.73. The molecule has 0 aliphatic carbocycles. The molecular formula is C9H16O5S. The molecule has 5 nitrogen and oxygen atoms in total. The van der Waals surface area contributed by atoms with Gasteiger partial charge in [0, 0.05) is 0 Å². The Labute approximate surface area is 89.3 Å². The van der Waals surface area contributed by atoms with Crippen LogP contribution in [0.3, 0.4) is 0 Å². The molecule has 0 amide bonds. The van der Waals surface area contributed by atoms with Gasteiger partial charge in [-0.3, -0.25) is 4.79 Å². The minimum atomic E-state index is -3.01. The topological polar surface area (TPSA) is 80.7 Å². The Hall–Kier alpha value is -0.620. The molecule has 15 heavy (non-hydrogen) atoms. The summed E-state index contributed by atoms with van der Waals surface area (Å²) < 4.78 is 27.0. The molecule has 1 N–H and O–H groups in total. The molecule has 0 aromatic heterocycles. The molecule has 0 atom stereocenters. The fourth-order valence-corrected chi connectivity index (χ4v) is 3.16. The summed E-state index contributed by atoms with van der Waals surface area (Å²) in [6.07, 6.45) is 0.124. The van der Waals surface area contributed by atoms with Crippen molar-refractivity contribution < 1.29 is 23.1 Å². The highest BCUT2D eigenvalue weighted by Crippen LogP contribution is 2.27. The monoisotopic (exact) mass is 236 g/mol. The number of rotatable bonds is 3. The highest BCUT2D eigenvalue weighted by molar-refractivity contribution is 7.91. The van der Waals surface area contributed by atoms with Crippen molar-refractivity contribution in [1.29, 1.82) is 0 Å². The zero-order valence-corrected chi connectivity index (χ0v) is 9.55. The maximum absolute atomic E-state index is 11.1. The minimum absolute atomic E-state index is 0.0527. The van der Waals surface area contributed by atoms with E-state index in [1.54, 1.807) is 6.92 Å². The number of hydrogen-bond acceptors (Lipinski definition) is 5. The number of aliphatic hydroxyl groups is 1. The smallest absolute Gasteiger partial charge is 0.308 e. The normalized spacial score (nSPS) is 23.3. The average molecular weight is 236 g/mol. The highest BCUT2D eigenvalue weighted by Gasteiger charge is 2.37. The van der Waals surface area contributed by atoms with Gasteiger partial charge < -0.3 is 9.84 Å². The van der Waals surface area contributed by atoms with Gasteiger partial charge in [0.2, 0.25) is 0 Å². The third-order valence-corrected chi connectivity index (χ3v) is 4.19. The van der Waals surface area contributed by atoms with Gasteiger partial charge in [0.15, 0.2) is 9.84 Å². The Morgan fingerprint density at radius 2 is 1.93 bits per heavy atom. The number of esters is 1. The number of carbonyl (C=O) groups excluding carboxylic acids is 1. The van der Waals surface area contributed by atoms with Gasteiger partial charge in [0.05, 0.1) is 30.1 Å². The number of hydrogen-bond donors (Lipinski definition) is 1. The fourth-order valence-electron chi connectivity index (χ4n) is 1.58. The van der Waals surface area contributed by atoms with E-state index in [0.717, 1.165) is 0 Å². The van der Waals surface area contributed by atoms with E-state index in [2.05, 4.69) is 0 Å². The van der Waals surface area contributed by atoms with Crippen LogP contribution in [-0.4, -0.2) is 43.2 Å². The minimum Gasteiger partial charge on any atom is -0.466 e. The van der Waals surface area contributed by atoms with E-state index >= 15 is 0 Å². The molecule has 0 spiro atoms. The van der Waals surface area contributed by atoms with Gasteiger partial charge in [-0.1, -0.05) is 0 Å². The van der Waals surface area contributed by atoms with E-state index in [-0.39, 0.29) is 37.4 Å². The predicted molar refractivity (Wildman–Crippen MR) is 54.1 cm³/mol. The average Bonchev–Trinajstić information content (AvgIpc) is 2.12. The van der Waals surface area contributed by atoms with E-state index in [9.17, 15) is 18.3 Å². The van der Waals surface area contributed by atoms with Crippen molar-refractivity contribution in [2.45, 2.75) is 31.8 Å². The van der Waals surface area contributed by atoms with Crippen LogP contribution in [0.15, 0.2) is 0 Å². The standard InChI is InChI=1S/C9H16O5S/c1-2-14-8(10)7-9(11)3-5-15(12,13)6-4-9/h11H,2-7H2,1H3. The molecule has 0 aromatic rings. The molecule has 1 saturated heterocycles. The second-order valence-electron chi connectivity index (χ2n) is 3.86. The maximum atomic E-state index is 11.1. The predicted octanol–water partition coefficient (Wildman–Crippen LogP) is -0.121. The summed E-state index contributed by atoms with van der Waals surface area (Å²) in [4.78, 5) is 11.1. The van der Waals surface area contributed by atoms with Gasteiger partial charge in [-0.15, -0.1) is 0 Å². The summed E-state index contributed by atoms with van der Waals surface area (Å²) in [5.74, 6) is -0.578. The first-order valence-corrected chi connectivity index (χ1v) is 6.77. The summed E-state index contributed by atoms with van der Waals surface area (Å²) in [7, 11) is -3.01. The first-order valence-electron chi connectivity index (χ1n) is 4.95. The van der Waals surface area contributed by atoms with Crippen molar-refractivity contribution in [1.82, 2.24) is 0 Å². The lowest BCUT2D eigenvalue weighted by atomic mass is 9.93. The summed E-state index contributed by atoms with van der Waals surface area (Å²) >= 11 is 0. The van der Waals surface area contributed by atoms with Gasteiger partial charge in [-0.2, -0.15) is 0 Å². The lowest BCUT2D eigenvalue weighted by Gasteiger charge is -2.30. The summed E-state index contributed by atoms with van der Waals surface area (Å²) in [5.41, 5.74) is -1.20. The van der Waals surface area contributed by atoms with Gasteiger partial charge in [0.1, 0.15) is 0 Å². The molecule has 0 radical (unpaired) electrons. The third-order valence-electron chi connectivity index (χ3n) is 2.54. The van der Waals surface area contributed by atoms with Crippen LogP contribution in [0.25, 0.3) is 0 Å². The number of ether oxygens (including phenoxy) is 1. The first-order chi connectivity index (χ1) is 6.87. The van der Waals surface area contributed by atoms with Crippen LogP contribution < -0.4 is 0 Å². The molecule has 88 valence electrons. The number of sulfone groups is 1. The molecule has 0 unspecified atom stereocenters. The second-order valence-corrected chi connectivity index (χ2v) is 6.16. The maximum Gasteiger partial charge on any atom is 0.308 e. The summed E-state index contributed by atoms with van der Waals surface area (Å²) in [6, 6.07) is 0. The van der Waals surface area contributed by atoms with E-state index in [1.165, 1.54) is 0 Å². The SMILES string of the molecule is CCOC(=O)CC1(O)CCS(=O)(=O)CC1. The molecule has 1 rings (SSSR count). The van der Waals surface area contributed by atoms with E-state index in [1.807, 2.05) is 0 Å². The fraction of sp³-hybridized carbons (Fsp3) is 0.889. The Kier molecular flexibility index (Phi) is 3.72. The Bertz CT molecular complexity index is 318. The third kappa shape index (κ3) is 3.79. The van der Waals surface area contributed by atoms with Crippen LogP contribution in [0, 0.1) is 0 Å². The lowest BCUT2D eigenvalue weighted by Crippen LogP contribution is -2.41. The van der Waals surface area contributed by atoms with Crippen molar-refractivity contribution in [3.8, 4) is 0 Å². The van der Waals surface area contributed by atoms with Crippen LogP contribution in [-0.2, 0) is 19.4 Å². The molecule has 6 heteroatoms. The van der Waals surface area contributed by atoms with Gasteiger partial charge in [-0.05, 0) is 19.8 Å². The lowest BCUT2D eigenvalue weighted by molar-refractivity contribution is -0.149. The molecule has 0 saturated carbocycles. The van der Waals surface area contributed by atoms with E-state index < -0.39 is 21.4 Å². The zero-order chi connectivity index (χ0) is 11.5. The molecule has 1 heterocycles. The van der Waals surface area contributed by atoms with Crippen LogP contribution in [0.1, 0.15) is 26.2 Å². The summed E-state index contributed by atoms with van der Waals surface area (Å²) in [5, 5.41) is 9.94. The van der Waals surface area contributed by atoms with Crippen molar-refractivity contribution in [3.63, 3.8) is 0 Å². The Balaban J connectivity index is 2.52. The molecule has 1 aliphatic heterocycles. The molecule has 1 fully saturated rings. The summed E-state index contributed by atoms with van der Waals surface area (Å²) in [6.45, 7) is 1.96. The van der Waals surface area contributed by atoms with Crippen molar-refractivity contribution in [3.05, 3.63) is 0 Å². The molecule has 1 aliphatic rings. The Morgan fingerprint density at radius 1 is 1.40 bits per heavy atom. The number of carbonyl (C=O) groups is 1. The van der Waals surface area contributed by atoms with Crippen LogP contribution in [0.5, 0.6) is 0 Å². The van der Waals surface area contributed by atoms with Crippen molar-refractivity contribution in [2.75, 3.05) is 18.1 Å². The van der Waals surface area contributed by atoms with Crippen LogP contribution in [0.2, 0.25) is 0 Å². The molecule has 0 bridgehead atoms. The Morgan fingerprint density at radius 3 is 2.40 bits per heavy atom. The highest BCUT2D eigenvalue weighted by atomic mass is 32.2. The first kappa shape index (κ1) is 12.4. The van der Waals surface area contributed by atoms with E-state index in [0.29, 0.717) is 0 Å². The quantitative estimate of drug-likeness (QED) is 0.691. The van der Waals surface area contributed by atoms with Crippen molar-refractivity contribution >= 4 is 15.8 Å². The largest absolute Gasteiger partial charge is 0.466 e. The van der Waals surface area contributed by atoms with Crippen LogP contribution >= 0.6 is 0 Å². The van der Waals surface area contributed by atoms with Crippen molar-refractivity contribution in [2.24, 2.45) is 0 Å². The van der Waals surface area contributed by atoms with E-state index in [4.69, 9.17) is 4.74 Å². The molecular weight excluding hydrogens is 220 g/mol. The van der Waals surface area contributed by atoms with Crippen LogP contribution in [0.4, 0.5) is 0 Å².